The van der Waals surface area contributed by atoms with Gasteiger partial charge in [-0.3, -0.25) is 9.59 Å². The van der Waals surface area contributed by atoms with E-state index in [-0.39, 0.29) is 31.0 Å². The van der Waals surface area contributed by atoms with Crippen LogP contribution < -0.4 is 10.1 Å². The summed E-state index contributed by atoms with van der Waals surface area (Å²) in [5.74, 6) is 0.247. The minimum absolute atomic E-state index is 0.122. The van der Waals surface area contributed by atoms with E-state index in [4.69, 9.17) is 16.3 Å². The second-order valence-corrected chi connectivity index (χ2v) is 9.38. The van der Waals surface area contributed by atoms with Crippen molar-refractivity contribution in [2.45, 2.75) is 50.7 Å². The first-order valence-corrected chi connectivity index (χ1v) is 12.5. The van der Waals surface area contributed by atoms with Crippen LogP contribution in [0.15, 0.2) is 84.9 Å². The summed E-state index contributed by atoms with van der Waals surface area (Å²) >= 11 is 6.08. The molecule has 0 unspecified atom stereocenters. The standard InChI is InChI=1S/C29H31ClN2O3/c30-24-17-15-23(16-18-24)20-32(28(33)21-35-26-13-5-2-6-14-26)27(19-22-9-3-1-4-10-22)29(34)31-25-11-7-8-12-25/h1-6,9-10,13-18,25,27H,7-8,11-12,19-21H2,(H,31,34)/t27-/m0/s1. The molecule has 0 bridgehead atoms. The number of carbonyl (C=O) groups excluding carboxylic acids is 2. The number of nitrogens with zero attached hydrogens (tertiary/aromatic N) is 1. The van der Waals surface area contributed by atoms with Crippen molar-refractivity contribution in [2.75, 3.05) is 6.61 Å². The number of nitrogens with one attached hydrogen (secondary N) is 1. The molecule has 3 aromatic rings. The van der Waals surface area contributed by atoms with Crippen molar-refractivity contribution in [1.29, 1.82) is 0 Å². The molecule has 1 atom stereocenters. The van der Waals surface area contributed by atoms with Crippen LogP contribution in [0.25, 0.3) is 0 Å². The number of para-hydroxylation sites is 1. The molecule has 1 aliphatic rings. The number of benzene rings is 3. The summed E-state index contributed by atoms with van der Waals surface area (Å²) in [5.41, 5.74) is 1.89. The Kier molecular flexibility index (Phi) is 8.79. The summed E-state index contributed by atoms with van der Waals surface area (Å²) in [6.45, 7) is 0.128. The Balaban J connectivity index is 1.60. The fraction of sp³-hybridized carbons (Fsp3) is 0.310. The predicted molar refractivity (Wildman–Crippen MR) is 138 cm³/mol. The van der Waals surface area contributed by atoms with Crippen LogP contribution >= 0.6 is 11.6 Å². The number of amides is 2. The Bertz CT molecular complexity index is 1080. The van der Waals surface area contributed by atoms with Crippen molar-refractivity contribution in [3.8, 4) is 5.75 Å². The molecule has 3 aromatic carbocycles. The molecule has 1 saturated carbocycles. The third-order valence-corrected chi connectivity index (χ3v) is 6.60. The Morgan fingerprint density at radius 3 is 2.17 bits per heavy atom. The molecule has 0 saturated heterocycles. The molecule has 182 valence electrons. The smallest absolute Gasteiger partial charge is 0.261 e. The van der Waals surface area contributed by atoms with Crippen LogP contribution in [-0.4, -0.2) is 35.4 Å². The van der Waals surface area contributed by atoms with Gasteiger partial charge in [0.1, 0.15) is 11.8 Å². The average Bonchev–Trinajstić information content (AvgIpc) is 3.40. The van der Waals surface area contributed by atoms with E-state index in [1.165, 1.54) is 0 Å². The van der Waals surface area contributed by atoms with Gasteiger partial charge in [0.2, 0.25) is 5.91 Å². The van der Waals surface area contributed by atoms with Gasteiger partial charge >= 0.3 is 0 Å². The first kappa shape index (κ1) is 24.8. The van der Waals surface area contributed by atoms with Gasteiger partial charge in [-0.05, 0) is 48.2 Å². The lowest BCUT2D eigenvalue weighted by Gasteiger charge is -2.32. The van der Waals surface area contributed by atoms with E-state index < -0.39 is 6.04 Å². The average molecular weight is 491 g/mol. The summed E-state index contributed by atoms with van der Waals surface area (Å²) in [6, 6.07) is 25.9. The molecule has 0 spiro atoms. The molecule has 2 amide bonds. The highest BCUT2D eigenvalue weighted by Crippen LogP contribution is 2.21. The second-order valence-electron chi connectivity index (χ2n) is 8.95. The highest BCUT2D eigenvalue weighted by atomic mass is 35.5. The summed E-state index contributed by atoms with van der Waals surface area (Å²) in [4.78, 5) is 28.8. The topological polar surface area (TPSA) is 58.6 Å². The zero-order valence-electron chi connectivity index (χ0n) is 19.7. The predicted octanol–water partition coefficient (Wildman–Crippen LogP) is 5.42. The molecule has 1 aliphatic carbocycles. The summed E-state index contributed by atoms with van der Waals surface area (Å²) in [7, 11) is 0. The van der Waals surface area contributed by atoms with Gasteiger partial charge in [-0.1, -0.05) is 85.1 Å². The molecular weight excluding hydrogens is 460 g/mol. The molecule has 5 nitrogen and oxygen atoms in total. The van der Waals surface area contributed by atoms with E-state index in [0.29, 0.717) is 17.2 Å². The van der Waals surface area contributed by atoms with Gasteiger partial charge in [0.05, 0.1) is 0 Å². The van der Waals surface area contributed by atoms with Crippen molar-refractivity contribution < 1.29 is 14.3 Å². The highest BCUT2D eigenvalue weighted by molar-refractivity contribution is 6.30. The quantitative estimate of drug-likeness (QED) is 0.413. The molecule has 0 heterocycles. The molecule has 1 N–H and O–H groups in total. The van der Waals surface area contributed by atoms with Gasteiger partial charge in [-0.15, -0.1) is 0 Å². The number of halogens is 1. The van der Waals surface area contributed by atoms with Gasteiger partial charge in [-0.2, -0.15) is 0 Å². The van der Waals surface area contributed by atoms with E-state index in [0.717, 1.165) is 36.8 Å². The highest BCUT2D eigenvalue weighted by Gasteiger charge is 2.32. The zero-order valence-corrected chi connectivity index (χ0v) is 20.5. The lowest BCUT2D eigenvalue weighted by Crippen LogP contribution is -2.53. The maximum Gasteiger partial charge on any atom is 0.261 e. The van der Waals surface area contributed by atoms with Gasteiger partial charge in [0, 0.05) is 24.0 Å². The Hall–Kier alpha value is -3.31. The minimum atomic E-state index is -0.666. The van der Waals surface area contributed by atoms with Crippen molar-refractivity contribution in [2.24, 2.45) is 0 Å². The van der Waals surface area contributed by atoms with Crippen LogP contribution in [0.3, 0.4) is 0 Å². The number of hydrogen-bond donors (Lipinski definition) is 1. The largest absolute Gasteiger partial charge is 0.484 e. The molecular formula is C29H31ClN2O3. The fourth-order valence-electron chi connectivity index (χ4n) is 4.45. The molecule has 6 heteroatoms. The lowest BCUT2D eigenvalue weighted by molar-refractivity contribution is -0.143. The number of rotatable bonds is 10. The van der Waals surface area contributed by atoms with Crippen LogP contribution in [-0.2, 0) is 22.6 Å². The third-order valence-electron chi connectivity index (χ3n) is 6.34. The number of ether oxygens (including phenoxy) is 1. The molecule has 0 radical (unpaired) electrons. The van der Waals surface area contributed by atoms with Crippen LogP contribution in [0, 0.1) is 0 Å². The summed E-state index contributed by atoms with van der Waals surface area (Å²) < 4.78 is 5.78. The minimum Gasteiger partial charge on any atom is -0.484 e. The normalized spacial score (nSPS) is 14.3. The molecule has 4 rings (SSSR count). The SMILES string of the molecule is O=C(NC1CCCC1)[C@H](Cc1ccccc1)N(Cc1ccc(Cl)cc1)C(=O)COc1ccccc1. The van der Waals surface area contributed by atoms with Gasteiger partial charge in [0.15, 0.2) is 6.61 Å². The fourth-order valence-corrected chi connectivity index (χ4v) is 4.58. The van der Waals surface area contributed by atoms with E-state index in [1.54, 1.807) is 17.0 Å². The molecule has 0 aliphatic heterocycles. The van der Waals surface area contributed by atoms with Gasteiger partial charge in [0.25, 0.3) is 5.91 Å². The van der Waals surface area contributed by atoms with E-state index in [9.17, 15) is 9.59 Å². The van der Waals surface area contributed by atoms with Crippen LogP contribution in [0.4, 0.5) is 0 Å². The summed E-state index contributed by atoms with van der Waals surface area (Å²) in [5, 5.41) is 3.83. The Morgan fingerprint density at radius 1 is 0.886 bits per heavy atom. The third kappa shape index (κ3) is 7.33. The Morgan fingerprint density at radius 2 is 1.51 bits per heavy atom. The van der Waals surface area contributed by atoms with Gasteiger partial charge < -0.3 is 15.0 Å². The molecule has 1 fully saturated rings. The van der Waals surface area contributed by atoms with Crippen molar-refractivity contribution in [1.82, 2.24) is 10.2 Å². The van der Waals surface area contributed by atoms with Crippen LogP contribution in [0.2, 0.25) is 5.02 Å². The lowest BCUT2D eigenvalue weighted by atomic mass is 10.0. The maximum atomic E-state index is 13.6. The van der Waals surface area contributed by atoms with Crippen LogP contribution in [0.1, 0.15) is 36.8 Å². The van der Waals surface area contributed by atoms with E-state index >= 15 is 0 Å². The summed E-state index contributed by atoms with van der Waals surface area (Å²) in [6.07, 6.45) is 4.61. The van der Waals surface area contributed by atoms with Crippen molar-refractivity contribution in [3.63, 3.8) is 0 Å². The monoisotopic (exact) mass is 490 g/mol. The molecule has 0 aromatic heterocycles. The van der Waals surface area contributed by atoms with E-state index in [1.807, 2.05) is 72.8 Å². The maximum absolute atomic E-state index is 13.6. The van der Waals surface area contributed by atoms with E-state index in [2.05, 4.69) is 5.32 Å². The van der Waals surface area contributed by atoms with Crippen molar-refractivity contribution >= 4 is 23.4 Å². The van der Waals surface area contributed by atoms with Crippen LogP contribution in [0.5, 0.6) is 5.75 Å². The molecule has 35 heavy (non-hydrogen) atoms. The van der Waals surface area contributed by atoms with Crippen molar-refractivity contribution in [3.05, 3.63) is 101 Å². The zero-order chi connectivity index (χ0) is 24.5. The second kappa shape index (κ2) is 12.4. The number of hydrogen-bond acceptors (Lipinski definition) is 3. The first-order chi connectivity index (χ1) is 17.1. The Labute approximate surface area is 212 Å². The first-order valence-electron chi connectivity index (χ1n) is 12.1. The number of carbonyl (C=O) groups is 2. The van der Waals surface area contributed by atoms with Gasteiger partial charge in [-0.25, -0.2) is 0 Å².